The van der Waals surface area contributed by atoms with Crippen molar-refractivity contribution < 1.29 is 13.9 Å². The van der Waals surface area contributed by atoms with E-state index in [0.29, 0.717) is 22.4 Å². The predicted molar refractivity (Wildman–Crippen MR) is 144 cm³/mol. The predicted octanol–water partition coefficient (Wildman–Crippen LogP) is 6.43. The molecule has 2 aromatic carbocycles. The first-order chi connectivity index (χ1) is 17.5. The number of nitrogens with zero attached hydrogens (tertiary/aromatic N) is 2. The second kappa shape index (κ2) is 9.95. The van der Waals surface area contributed by atoms with Crippen LogP contribution in [0.2, 0.25) is 0 Å². The summed E-state index contributed by atoms with van der Waals surface area (Å²) in [5, 5.41) is 4.08. The van der Waals surface area contributed by atoms with E-state index in [-0.39, 0.29) is 18.1 Å². The fourth-order valence-corrected chi connectivity index (χ4v) is 4.84. The molecule has 0 bridgehead atoms. The van der Waals surface area contributed by atoms with Gasteiger partial charge < -0.3 is 19.4 Å². The zero-order valence-electron chi connectivity index (χ0n) is 20.3. The number of thiocarbonyl (C=S) groups is 1. The highest BCUT2D eigenvalue weighted by molar-refractivity contribution is 7.80. The Kier molecular flexibility index (Phi) is 6.57. The smallest absolute Gasteiger partial charge is 0.337 e. The van der Waals surface area contributed by atoms with E-state index in [9.17, 15) is 4.79 Å². The van der Waals surface area contributed by atoms with Crippen LogP contribution in [0, 0.1) is 0 Å². The Labute approximate surface area is 215 Å². The highest BCUT2D eigenvalue weighted by Gasteiger charge is 2.42. The van der Waals surface area contributed by atoms with Gasteiger partial charge in [0.15, 0.2) is 5.11 Å². The molecule has 2 aromatic heterocycles. The number of hydrogen-bond donors (Lipinski definition) is 1. The maximum Gasteiger partial charge on any atom is 0.337 e. The summed E-state index contributed by atoms with van der Waals surface area (Å²) in [6.45, 7) is 4.36. The number of esters is 1. The van der Waals surface area contributed by atoms with Crippen LogP contribution in [0.25, 0.3) is 11.3 Å². The van der Waals surface area contributed by atoms with Crippen LogP contribution in [0.15, 0.2) is 89.5 Å². The molecule has 1 fully saturated rings. The van der Waals surface area contributed by atoms with Crippen molar-refractivity contribution in [2.24, 2.45) is 0 Å². The van der Waals surface area contributed by atoms with E-state index in [0.717, 1.165) is 22.7 Å². The third-order valence-corrected chi connectivity index (χ3v) is 6.76. The third-order valence-electron chi connectivity index (χ3n) is 6.44. The maximum atomic E-state index is 11.8. The number of benzene rings is 2. The number of methoxy groups -OCH3 is 1. The normalized spacial score (nSPS) is 17.3. The van der Waals surface area contributed by atoms with Crippen LogP contribution in [0.1, 0.15) is 59.2 Å². The van der Waals surface area contributed by atoms with Crippen molar-refractivity contribution in [3.63, 3.8) is 0 Å². The van der Waals surface area contributed by atoms with E-state index in [1.807, 2.05) is 42.5 Å². The lowest BCUT2D eigenvalue weighted by Gasteiger charge is -2.26. The summed E-state index contributed by atoms with van der Waals surface area (Å²) in [6, 6.07) is 25.0. The van der Waals surface area contributed by atoms with Crippen molar-refractivity contribution in [1.82, 2.24) is 10.3 Å². The van der Waals surface area contributed by atoms with Gasteiger partial charge in [0, 0.05) is 17.4 Å². The number of carbonyl (C=O) groups is 1. The van der Waals surface area contributed by atoms with Gasteiger partial charge in [-0.2, -0.15) is 0 Å². The number of pyridine rings is 1. The zero-order chi connectivity index (χ0) is 25.2. The van der Waals surface area contributed by atoms with Gasteiger partial charge in [0.25, 0.3) is 0 Å². The van der Waals surface area contributed by atoms with Crippen LogP contribution < -0.4 is 10.2 Å². The Hall–Kier alpha value is -3.97. The summed E-state index contributed by atoms with van der Waals surface area (Å²) in [4.78, 5) is 18.5. The summed E-state index contributed by atoms with van der Waals surface area (Å²) in [5.41, 5.74) is 4.49. The van der Waals surface area contributed by atoms with Crippen molar-refractivity contribution in [2.45, 2.75) is 31.8 Å². The van der Waals surface area contributed by atoms with Gasteiger partial charge >= 0.3 is 5.97 Å². The molecular formula is C29H27N3O3S. The lowest BCUT2D eigenvalue weighted by atomic mass is 10.0. The lowest BCUT2D eigenvalue weighted by Crippen LogP contribution is -2.29. The highest BCUT2D eigenvalue weighted by atomic mass is 32.1. The Morgan fingerprint density at radius 2 is 1.78 bits per heavy atom. The molecule has 182 valence electrons. The van der Waals surface area contributed by atoms with Crippen LogP contribution in [-0.2, 0) is 4.74 Å². The number of anilines is 1. The molecule has 1 aliphatic rings. The molecule has 4 aromatic rings. The molecule has 2 atom stereocenters. The van der Waals surface area contributed by atoms with Gasteiger partial charge in [0.05, 0.1) is 24.4 Å². The Morgan fingerprint density at radius 1 is 1.03 bits per heavy atom. The number of rotatable bonds is 6. The minimum Gasteiger partial charge on any atom is -0.465 e. The number of nitrogens with one attached hydrogen (secondary N) is 1. The minimum absolute atomic E-state index is 0.191. The second-order valence-corrected chi connectivity index (χ2v) is 9.40. The molecule has 0 radical (unpaired) electrons. The van der Waals surface area contributed by atoms with E-state index in [4.69, 9.17) is 21.4 Å². The van der Waals surface area contributed by atoms with Crippen LogP contribution in [0.3, 0.4) is 0 Å². The summed E-state index contributed by atoms with van der Waals surface area (Å²) in [7, 11) is 1.37. The van der Waals surface area contributed by atoms with Crippen LogP contribution in [0.5, 0.6) is 0 Å². The molecule has 36 heavy (non-hydrogen) atoms. The van der Waals surface area contributed by atoms with E-state index < -0.39 is 0 Å². The van der Waals surface area contributed by atoms with Gasteiger partial charge in [0.1, 0.15) is 17.6 Å². The molecule has 1 N–H and O–H groups in total. The average Bonchev–Trinajstić information content (AvgIpc) is 3.53. The van der Waals surface area contributed by atoms with E-state index in [2.05, 4.69) is 53.3 Å². The fraction of sp³-hybridized carbons (Fsp3) is 0.207. The van der Waals surface area contributed by atoms with Crippen molar-refractivity contribution >= 4 is 29.0 Å². The number of carbonyl (C=O) groups excluding carboxylic acids is 1. The quantitative estimate of drug-likeness (QED) is 0.243. The molecule has 1 saturated heterocycles. The Morgan fingerprint density at radius 3 is 2.42 bits per heavy atom. The molecule has 0 amide bonds. The van der Waals surface area contributed by atoms with Gasteiger partial charge in [-0.25, -0.2) is 4.79 Å². The van der Waals surface area contributed by atoms with Crippen molar-refractivity contribution in [3.05, 3.63) is 108 Å². The van der Waals surface area contributed by atoms with Gasteiger partial charge in [0.2, 0.25) is 0 Å². The van der Waals surface area contributed by atoms with Gasteiger partial charge in [-0.05, 0) is 72.2 Å². The molecular weight excluding hydrogens is 470 g/mol. The topological polar surface area (TPSA) is 67.6 Å². The van der Waals surface area contributed by atoms with Crippen molar-refractivity contribution in [3.8, 4) is 11.3 Å². The fourth-order valence-electron chi connectivity index (χ4n) is 4.50. The first-order valence-corrected chi connectivity index (χ1v) is 12.3. The summed E-state index contributed by atoms with van der Waals surface area (Å²) >= 11 is 5.81. The SMILES string of the molecule is COC(=O)c1ccc(-c2ccc(C3C(c4ccccn4)NC(=S)N3c3ccc(C(C)C)cc3)o2)cc1. The molecule has 3 heterocycles. The van der Waals surface area contributed by atoms with E-state index >= 15 is 0 Å². The number of hydrogen-bond acceptors (Lipinski definition) is 5. The molecule has 0 aliphatic carbocycles. The molecule has 6 nitrogen and oxygen atoms in total. The summed E-state index contributed by atoms with van der Waals surface area (Å²) in [5.74, 6) is 1.54. The molecule has 0 saturated carbocycles. The second-order valence-electron chi connectivity index (χ2n) is 9.01. The van der Waals surface area contributed by atoms with Crippen molar-refractivity contribution in [2.75, 3.05) is 12.0 Å². The first kappa shape index (κ1) is 23.8. The van der Waals surface area contributed by atoms with Crippen LogP contribution in [0.4, 0.5) is 5.69 Å². The molecule has 0 spiro atoms. The van der Waals surface area contributed by atoms with E-state index in [1.54, 1.807) is 18.3 Å². The molecule has 5 rings (SSSR count). The van der Waals surface area contributed by atoms with E-state index in [1.165, 1.54) is 12.7 Å². The summed E-state index contributed by atoms with van der Waals surface area (Å²) in [6.07, 6.45) is 1.79. The van der Waals surface area contributed by atoms with Gasteiger partial charge in [-0.1, -0.05) is 44.2 Å². The first-order valence-electron chi connectivity index (χ1n) is 11.9. The van der Waals surface area contributed by atoms with Crippen LogP contribution >= 0.6 is 12.2 Å². The van der Waals surface area contributed by atoms with Crippen LogP contribution in [-0.4, -0.2) is 23.2 Å². The Balaban J connectivity index is 1.53. The lowest BCUT2D eigenvalue weighted by molar-refractivity contribution is 0.0600. The monoisotopic (exact) mass is 497 g/mol. The average molecular weight is 498 g/mol. The number of aromatic nitrogens is 1. The zero-order valence-corrected chi connectivity index (χ0v) is 21.2. The summed E-state index contributed by atoms with van der Waals surface area (Å²) < 4.78 is 11.2. The standard InChI is InChI=1S/C29H27N3O3S/c1-18(2)19-11-13-22(14-12-19)32-27(26(31-29(32)36)23-6-4-5-17-30-23)25-16-15-24(35-25)20-7-9-21(10-8-20)28(33)34-3/h4-18,26-27H,1-3H3,(H,31,36). The highest BCUT2D eigenvalue weighted by Crippen LogP contribution is 2.43. The maximum absolute atomic E-state index is 11.8. The van der Waals surface area contributed by atoms with Crippen molar-refractivity contribution in [1.29, 1.82) is 0 Å². The molecule has 1 aliphatic heterocycles. The van der Waals surface area contributed by atoms with Gasteiger partial charge in [-0.15, -0.1) is 0 Å². The minimum atomic E-state index is -0.371. The third kappa shape index (κ3) is 4.50. The Bertz CT molecular complexity index is 1370. The van der Waals surface area contributed by atoms with Gasteiger partial charge in [-0.3, -0.25) is 4.98 Å². The largest absolute Gasteiger partial charge is 0.465 e. The molecule has 7 heteroatoms. The number of furan rings is 1. The number of ether oxygens (including phenoxy) is 1. The molecule has 2 unspecified atom stereocenters.